The Morgan fingerprint density at radius 1 is 1.30 bits per heavy atom. The number of nitrogens with one attached hydrogen (secondary N) is 1. The molecule has 0 atom stereocenters. The number of fused-ring (bicyclic) bond motifs is 1. The Kier molecular flexibility index (Phi) is 3.39. The maximum Gasteiger partial charge on any atom is 0.260 e. The lowest BCUT2D eigenvalue weighted by molar-refractivity contribution is 0.347. The van der Waals surface area contributed by atoms with Gasteiger partial charge >= 0.3 is 0 Å². The predicted octanol–water partition coefficient (Wildman–Crippen LogP) is 1.47. The third-order valence-electron chi connectivity index (χ3n) is 3.53. The van der Waals surface area contributed by atoms with Gasteiger partial charge in [0.15, 0.2) is 0 Å². The summed E-state index contributed by atoms with van der Waals surface area (Å²) in [5.41, 5.74) is -0.394. The van der Waals surface area contributed by atoms with E-state index < -0.39 is 15.6 Å². The van der Waals surface area contributed by atoms with Crippen LogP contribution in [0.2, 0.25) is 0 Å². The SMILES string of the molecule is Cc1sc2nc[nH]c(=O)c2c1S(=O)(=O)N1CCCCC1. The van der Waals surface area contributed by atoms with Gasteiger partial charge in [0.25, 0.3) is 5.56 Å². The van der Waals surface area contributed by atoms with Crippen LogP contribution in [0.4, 0.5) is 0 Å². The van der Waals surface area contributed by atoms with E-state index in [4.69, 9.17) is 0 Å². The van der Waals surface area contributed by atoms with Crippen LogP contribution in [0.15, 0.2) is 16.0 Å². The van der Waals surface area contributed by atoms with E-state index in [1.54, 1.807) is 6.92 Å². The number of hydrogen-bond acceptors (Lipinski definition) is 5. The molecule has 20 heavy (non-hydrogen) atoms. The number of nitrogens with zero attached hydrogens (tertiary/aromatic N) is 2. The minimum atomic E-state index is -3.61. The van der Waals surface area contributed by atoms with Gasteiger partial charge in [0.1, 0.15) is 9.73 Å². The molecule has 6 nitrogen and oxygen atoms in total. The van der Waals surface area contributed by atoms with Gasteiger partial charge in [-0.05, 0) is 19.8 Å². The van der Waals surface area contributed by atoms with E-state index in [9.17, 15) is 13.2 Å². The fourth-order valence-corrected chi connectivity index (χ4v) is 5.77. The molecule has 1 saturated heterocycles. The third kappa shape index (κ3) is 2.07. The van der Waals surface area contributed by atoms with E-state index in [-0.39, 0.29) is 10.3 Å². The van der Waals surface area contributed by atoms with Gasteiger partial charge in [0, 0.05) is 18.0 Å². The molecule has 0 radical (unpaired) electrons. The van der Waals surface area contributed by atoms with Crippen molar-refractivity contribution in [2.24, 2.45) is 0 Å². The summed E-state index contributed by atoms with van der Waals surface area (Å²) in [4.78, 5) is 19.7. The topological polar surface area (TPSA) is 83.1 Å². The number of sulfonamides is 1. The van der Waals surface area contributed by atoms with E-state index in [2.05, 4.69) is 9.97 Å². The van der Waals surface area contributed by atoms with Crippen LogP contribution in [-0.2, 0) is 10.0 Å². The van der Waals surface area contributed by atoms with Crippen LogP contribution in [0.5, 0.6) is 0 Å². The Morgan fingerprint density at radius 2 is 2.00 bits per heavy atom. The molecule has 0 amide bonds. The number of aryl methyl sites for hydroxylation is 1. The number of aromatic amines is 1. The fourth-order valence-electron chi connectivity index (χ4n) is 2.57. The first-order chi connectivity index (χ1) is 9.51. The van der Waals surface area contributed by atoms with Crippen LogP contribution in [0, 0.1) is 6.92 Å². The summed E-state index contributed by atoms with van der Waals surface area (Å²) in [7, 11) is -3.61. The smallest absolute Gasteiger partial charge is 0.260 e. The van der Waals surface area contributed by atoms with E-state index in [1.807, 2.05) is 0 Å². The van der Waals surface area contributed by atoms with Gasteiger partial charge < -0.3 is 4.98 Å². The summed E-state index contributed by atoms with van der Waals surface area (Å²) >= 11 is 1.25. The lowest BCUT2D eigenvalue weighted by Crippen LogP contribution is -2.36. The first-order valence-electron chi connectivity index (χ1n) is 6.49. The van der Waals surface area contributed by atoms with Crippen molar-refractivity contribution in [1.82, 2.24) is 14.3 Å². The molecule has 0 aliphatic carbocycles. The molecule has 8 heteroatoms. The summed E-state index contributed by atoms with van der Waals surface area (Å²) in [5, 5.41) is 0.195. The number of piperidine rings is 1. The second-order valence-electron chi connectivity index (χ2n) is 4.86. The van der Waals surface area contributed by atoms with Crippen molar-refractivity contribution < 1.29 is 8.42 Å². The quantitative estimate of drug-likeness (QED) is 0.910. The maximum atomic E-state index is 12.8. The van der Waals surface area contributed by atoms with Crippen molar-refractivity contribution in [2.75, 3.05) is 13.1 Å². The second kappa shape index (κ2) is 4.94. The Hall–Kier alpha value is -1.25. The molecule has 1 aliphatic heterocycles. The van der Waals surface area contributed by atoms with Gasteiger partial charge in [0.05, 0.1) is 11.7 Å². The van der Waals surface area contributed by atoms with E-state index in [0.717, 1.165) is 19.3 Å². The van der Waals surface area contributed by atoms with Crippen molar-refractivity contribution in [3.8, 4) is 0 Å². The highest BCUT2D eigenvalue weighted by Gasteiger charge is 2.31. The molecule has 108 valence electrons. The van der Waals surface area contributed by atoms with Crippen LogP contribution in [-0.4, -0.2) is 35.8 Å². The normalized spacial score (nSPS) is 17.6. The number of thiophene rings is 1. The molecule has 2 aromatic heterocycles. The third-order valence-corrected chi connectivity index (χ3v) is 6.74. The van der Waals surface area contributed by atoms with Gasteiger partial charge in [-0.15, -0.1) is 11.3 Å². The molecule has 0 bridgehead atoms. The fraction of sp³-hybridized carbons (Fsp3) is 0.500. The van der Waals surface area contributed by atoms with Gasteiger partial charge in [-0.25, -0.2) is 13.4 Å². The Morgan fingerprint density at radius 3 is 2.70 bits per heavy atom. The first kappa shape index (κ1) is 13.7. The Balaban J connectivity index is 2.23. The molecule has 1 fully saturated rings. The minimum Gasteiger partial charge on any atom is -0.313 e. The van der Waals surface area contributed by atoms with E-state index in [0.29, 0.717) is 22.8 Å². The predicted molar refractivity (Wildman–Crippen MR) is 77.6 cm³/mol. The van der Waals surface area contributed by atoms with Crippen molar-refractivity contribution in [1.29, 1.82) is 0 Å². The monoisotopic (exact) mass is 313 g/mol. The summed E-state index contributed by atoms with van der Waals surface area (Å²) in [6, 6.07) is 0. The van der Waals surface area contributed by atoms with Crippen LogP contribution in [0.3, 0.4) is 0 Å². The molecular weight excluding hydrogens is 298 g/mol. The van der Waals surface area contributed by atoms with Crippen LogP contribution >= 0.6 is 11.3 Å². The van der Waals surface area contributed by atoms with E-state index >= 15 is 0 Å². The van der Waals surface area contributed by atoms with Gasteiger partial charge in [-0.1, -0.05) is 6.42 Å². The molecule has 0 aromatic carbocycles. The molecule has 3 heterocycles. The van der Waals surface area contributed by atoms with Gasteiger partial charge in [-0.2, -0.15) is 4.31 Å². The molecular formula is C12H15N3O3S2. The highest BCUT2D eigenvalue weighted by Crippen LogP contribution is 2.33. The summed E-state index contributed by atoms with van der Waals surface area (Å²) in [6.07, 6.45) is 4.10. The van der Waals surface area contributed by atoms with Gasteiger partial charge in [-0.3, -0.25) is 4.79 Å². The molecule has 1 N–H and O–H groups in total. The summed E-state index contributed by atoms with van der Waals surface area (Å²) in [6.45, 7) is 2.77. The first-order valence-corrected chi connectivity index (χ1v) is 8.74. The standard InChI is InChI=1S/C12H15N3O3S2/c1-8-10(9-11(16)13-7-14-12(9)19-8)20(17,18)15-5-3-2-4-6-15/h7H,2-6H2,1H3,(H,13,14,16). The van der Waals surface area contributed by atoms with Gasteiger partial charge in [0.2, 0.25) is 10.0 Å². The zero-order valence-corrected chi connectivity index (χ0v) is 12.7. The zero-order valence-electron chi connectivity index (χ0n) is 11.0. The molecule has 1 aliphatic rings. The lowest BCUT2D eigenvalue weighted by atomic mass is 10.2. The van der Waals surface area contributed by atoms with Crippen LogP contribution in [0.25, 0.3) is 10.2 Å². The average Bonchev–Trinajstić information content (AvgIpc) is 2.78. The number of aromatic nitrogens is 2. The number of rotatable bonds is 2. The molecule has 0 unspecified atom stereocenters. The molecule has 2 aromatic rings. The summed E-state index contributed by atoms with van der Waals surface area (Å²) < 4.78 is 27.1. The molecule has 3 rings (SSSR count). The largest absolute Gasteiger partial charge is 0.313 e. The number of hydrogen-bond donors (Lipinski definition) is 1. The summed E-state index contributed by atoms with van der Waals surface area (Å²) in [5.74, 6) is 0. The van der Waals surface area contributed by atoms with Crippen molar-refractivity contribution in [2.45, 2.75) is 31.1 Å². The van der Waals surface area contributed by atoms with Crippen LogP contribution < -0.4 is 5.56 Å². The van der Waals surface area contributed by atoms with Crippen molar-refractivity contribution in [3.05, 3.63) is 21.6 Å². The highest BCUT2D eigenvalue weighted by atomic mass is 32.2. The average molecular weight is 313 g/mol. The zero-order chi connectivity index (χ0) is 14.3. The second-order valence-corrected chi connectivity index (χ2v) is 7.94. The minimum absolute atomic E-state index is 0.133. The molecule has 0 saturated carbocycles. The maximum absolute atomic E-state index is 12.8. The molecule has 0 spiro atoms. The Bertz CT molecular complexity index is 801. The van der Waals surface area contributed by atoms with Crippen molar-refractivity contribution in [3.63, 3.8) is 0 Å². The lowest BCUT2D eigenvalue weighted by Gasteiger charge is -2.25. The van der Waals surface area contributed by atoms with E-state index in [1.165, 1.54) is 22.0 Å². The van der Waals surface area contributed by atoms with Crippen molar-refractivity contribution >= 4 is 31.6 Å². The number of H-pyrrole nitrogens is 1. The highest BCUT2D eigenvalue weighted by molar-refractivity contribution is 7.89. The van der Waals surface area contributed by atoms with Crippen LogP contribution in [0.1, 0.15) is 24.1 Å². The Labute approximate surface area is 120 Å².